The van der Waals surface area contributed by atoms with Crippen LogP contribution in [0.1, 0.15) is 16.5 Å². The summed E-state index contributed by atoms with van der Waals surface area (Å²) < 4.78 is 14.2. The molecule has 0 spiro atoms. The molecule has 1 atom stereocenters. The molecular formula is C13H13BrFNS. The first-order valence-electron chi connectivity index (χ1n) is 5.35. The summed E-state index contributed by atoms with van der Waals surface area (Å²) in [6.45, 7) is 0. The lowest BCUT2D eigenvalue weighted by Crippen LogP contribution is -2.18. The minimum atomic E-state index is -0.178. The van der Waals surface area contributed by atoms with Gasteiger partial charge in [0.25, 0.3) is 0 Å². The van der Waals surface area contributed by atoms with Gasteiger partial charge < -0.3 is 5.32 Å². The van der Waals surface area contributed by atoms with E-state index in [0.29, 0.717) is 0 Å². The summed E-state index contributed by atoms with van der Waals surface area (Å²) in [6.07, 6.45) is 0.785. The van der Waals surface area contributed by atoms with Crippen LogP contribution in [0.25, 0.3) is 0 Å². The fraction of sp³-hybridized carbons (Fsp3) is 0.231. The van der Waals surface area contributed by atoms with Crippen molar-refractivity contribution in [1.29, 1.82) is 0 Å². The third kappa shape index (κ3) is 3.15. The summed E-state index contributed by atoms with van der Waals surface area (Å²) >= 11 is 5.23. The zero-order valence-corrected chi connectivity index (χ0v) is 11.8. The van der Waals surface area contributed by atoms with Crippen LogP contribution in [-0.4, -0.2) is 7.05 Å². The molecule has 2 aromatic rings. The van der Waals surface area contributed by atoms with E-state index in [2.05, 4.69) is 26.6 Å². The smallest absolute Gasteiger partial charge is 0.123 e. The van der Waals surface area contributed by atoms with Crippen molar-refractivity contribution in [2.24, 2.45) is 0 Å². The van der Waals surface area contributed by atoms with Crippen molar-refractivity contribution in [3.63, 3.8) is 0 Å². The molecule has 1 aromatic carbocycles. The van der Waals surface area contributed by atoms with Crippen molar-refractivity contribution in [1.82, 2.24) is 5.32 Å². The molecular weight excluding hydrogens is 301 g/mol. The molecule has 0 saturated carbocycles. The maximum Gasteiger partial charge on any atom is 0.123 e. The first-order chi connectivity index (χ1) is 8.20. The van der Waals surface area contributed by atoms with E-state index in [1.807, 2.05) is 19.2 Å². The maximum atomic E-state index is 13.1. The van der Waals surface area contributed by atoms with Crippen LogP contribution in [0.15, 0.2) is 40.2 Å². The van der Waals surface area contributed by atoms with Crippen LogP contribution in [0.5, 0.6) is 0 Å². The molecule has 0 amide bonds. The van der Waals surface area contributed by atoms with Gasteiger partial charge in [-0.3, -0.25) is 0 Å². The monoisotopic (exact) mass is 313 g/mol. The van der Waals surface area contributed by atoms with Gasteiger partial charge in [0.1, 0.15) is 5.82 Å². The quantitative estimate of drug-likeness (QED) is 0.894. The van der Waals surface area contributed by atoms with Crippen LogP contribution >= 0.6 is 27.3 Å². The largest absolute Gasteiger partial charge is 0.312 e. The van der Waals surface area contributed by atoms with Crippen LogP contribution in [0.2, 0.25) is 0 Å². The predicted octanol–water partition coefficient (Wildman–Crippen LogP) is 4.15. The van der Waals surface area contributed by atoms with E-state index in [9.17, 15) is 4.39 Å². The third-order valence-corrected chi connectivity index (χ3v) is 4.62. The fourth-order valence-corrected chi connectivity index (χ4v) is 3.54. The number of benzene rings is 1. The van der Waals surface area contributed by atoms with Gasteiger partial charge >= 0.3 is 0 Å². The van der Waals surface area contributed by atoms with E-state index < -0.39 is 0 Å². The van der Waals surface area contributed by atoms with Gasteiger partial charge in [-0.25, -0.2) is 4.39 Å². The number of thiophene rings is 1. The second-order valence-corrected chi connectivity index (χ2v) is 5.61. The average Bonchev–Trinajstić information content (AvgIpc) is 2.72. The highest BCUT2D eigenvalue weighted by atomic mass is 79.9. The normalized spacial score (nSPS) is 12.6. The van der Waals surface area contributed by atoms with Gasteiger partial charge in [-0.15, -0.1) is 11.3 Å². The predicted molar refractivity (Wildman–Crippen MR) is 73.9 cm³/mol. The Labute approximate surface area is 113 Å². The first-order valence-corrected chi connectivity index (χ1v) is 7.02. The Kier molecular flexibility index (Phi) is 4.31. The zero-order chi connectivity index (χ0) is 12.3. The minimum Gasteiger partial charge on any atom is -0.312 e. The van der Waals surface area contributed by atoms with Crippen molar-refractivity contribution >= 4 is 27.3 Å². The molecule has 2 rings (SSSR count). The molecule has 1 aromatic heterocycles. The summed E-state index contributed by atoms with van der Waals surface area (Å²) in [4.78, 5) is 1.25. The van der Waals surface area contributed by atoms with Gasteiger partial charge in [0, 0.05) is 15.4 Å². The van der Waals surface area contributed by atoms with E-state index in [1.165, 1.54) is 10.9 Å². The number of rotatable bonds is 4. The van der Waals surface area contributed by atoms with Gasteiger partial charge in [-0.2, -0.15) is 0 Å². The van der Waals surface area contributed by atoms with Crippen LogP contribution < -0.4 is 5.32 Å². The number of nitrogens with one attached hydrogen (secondary N) is 1. The van der Waals surface area contributed by atoms with Gasteiger partial charge in [0.05, 0.1) is 0 Å². The number of halogens is 2. The Morgan fingerprint density at radius 3 is 2.82 bits per heavy atom. The Hall–Kier alpha value is -0.710. The second kappa shape index (κ2) is 5.76. The zero-order valence-electron chi connectivity index (χ0n) is 9.41. The molecule has 1 N–H and O–H groups in total. The SMILES string of the molecule is CNC(Cc1cccc(F)c1)c1sccc1Br. The van der Waals surface area contributed by atoms with E-state index >= 15 is 0 Å². The fourth-order valence-electron chi connectivity index (χ4n) is 1.78. The molecule has 0 bridgehead atoms. The van der Waals surface area contributed by atoms with Gasteiger partial charge in [-0.1, -0.05) is 12.1 Å². The molecule has 0 aliphatic rings. The summed E-state index contributed by atoms with van der Waals surface area (Å²) in [5.74, 6) is -0.178. The molecule has 1 heterocycles. The van der Waals surface area contributed by atoms with Crippen LogP contribution in [0.4, 0.5) is 4.39 Å². The Morgan fingerprint density at radius 2 is 2.24 bits per heavy atom. The molecule has 90 valence electrons. The van der Waals surface area contributed by atoms with Crippen molar-refractivity contribution in [2.75, 3.05) is 7.05 Å². The standard InChI is InChI=1S/C13H13BrFNS/c1-16-12(13-11(14)5-6-17-13)8-9-3-2-4-10(15)7-9/h2-7,12,16H,8H2,1H3. The Balaban J connectivity index is 2.19. The first kappa shape index (κ1) is 12.7. The van der Waals surface area contributed by atoms with E-state index in [4.69, 9.17) is 0 Å². The lowest BCUT2D eigenvalue weighted by molar-refractivity contribution is 0.590. The Bertz CT molecular complexity index is 498. The number of hydrogen-bond acceptors (Lipinski definition) is 2. The van der Waals surface area contributed by atoms with Gasteiger partial charge in [-0.05, 0) is 58.5 Å². The molecule has 0 saturated heterocycles. The topological polar surface area (TPSA) is 12.0 Å². The average molecular weight is 314 g/mol. The molecule has 0 aliphatic heterocycles. The highest BCUT2D eigenvalue weighted by Crippen LogP contribution is 2.30. The van der Waals surface area contributed by atoms with E-state index in [1.54, 1.807) is 23.5 Å². The van der Waals surface area contributed by atoms with Crippen molar-refractivity contribution in [2.45, 2.75) is 12.5 Å². The number of likely N-dealkylation sites (N-methyl/N-ethyl adjacent to an activating group) is 1. The molecule has 1 nitrogen and oxygen atoms in total. The highest BCUT2D eigenvalue weighted by Gasteiger charge is 2.14. The van der Waals surface area contributed by atoms with Crippen LogP contribution in [0.3, 0.4) is 0 Å². The lowest BCUT2D eigenvalue weighted by Gasteiger charge is -2.15. The number of hydrogen-bond donors (Lipinski definition) is 1. The van der Waals surface area contributed by atoms with Crippen LogP contribution in [-0.2, 0) is 6.42 Å². The Morgan fingerprint density at radius 1 is 1.41 bits per heavy atom. The summed E-state index contributed by atoms with van der Waals surface area (Å²) in [5.41, 5.74) is 1.00. The third-order valence-electron chi connectivity index (χ3n) is 2.64. The van der Waals surface area contributed by atoms with E-state index in [-0.39, 0.29) is 11.9 Å². The second-order valence-electron chi connectivity index (χ2n) is 3.81. The van der Waals surface area contributed by atoms with Crippen molar-refractivity contribution in [3.8, 4) is 0 Å². The van der Waals surface area contributed by atoms with Gasteiger partial charge in [0.15, 0.2) is 0 Å². The van der Waals surface area contributed by atoms with Crippen LogP contribution in [0, 0.1) is 5.82 Å². The summed E-state index contributed by atoms with van der Waals surface area (Å²) in [5, 5.41) is 5.32. The summed E-state index contributed by atoms with van der Waals surface area (Å²) in [7, 11) is 1.93. The van der Waals surface area contributed by atoms with E-state index in [0.717, 1.165) is 16.5 Å². The molecule has 4 heteroatoms. The molecule has 0 aliphatic carbocycles. The minimum absolute atomic E-state index is 0.178. The van der Waals surface area contributed by atoms with Crippen molar-refractivity contribution in [3.05, 3.63) is 56.4 Å². The molecule has 0 fully saturated rings. The van der Waals surface area contributed by atoms with Crippen molar-refractivity contribution < 1.29 is 4.39 Å². The maximum absolute atomic E-state index is 13.1. The molecule has 0 radical (unpaired) electrons. The van der Waals surface area contributed by atoms with Gasteiger partial charge in [0.2, 0.25) is 0 Å². The molecule has 1 unspecified atom stereocenters. The molecule has 17 heavy (non-hydrogen) atoms. The summed E-state index contributed by atoms with van der Waals surface area (Å²) in [6, 6.07) is 9.02. The highest BCUT2D eigenvalue weighted by molar-refractivity contribution is 9.10. The lowest BCUT2D eigenvalue weighted by atomic mass is 10.0.